The standard InChI is InChI=1S/C13H14O/c1-3-4-8-12-10(2)11-7-5-6-9-13(11)14-12/h4-9H,3H2,1-2H3/b8-4-. The van der Waals surface area contributed by atoms with Crippen molar-refractivity contribution in [2.24, 2.45) is 0 Å². The van der Waals surface area contributed by atoms with E-state index >= 15 is 0 Å². The summed E-state index contributed by atoms with van der Waals surface area (Å²) in [5, 5.41) is 1.21. The lowest BCUT2D eigenvalue weighted by Crippen LogP contribution is -1.70. The molecular formula is C13H14O. The summed E-state index contributed by atoms with van der Waals surface area (Å²) in [4.78, 5) is 0. The van der Waals surface area contributed by atoms with Gasteiger partial charge in [-0.25, -0.2) is 0 Å². The highest BCUT2D eigenvalue weighted by molar-refractivity contribution is 5.84. The average molecular weight is 186 g/mol. The zero-order valence-electron chi connectivity index (χ0n) is 8.58. The number of rotatable bonds is 2. The second-order valence-corrected chi connectivity index (χ2v) is 3.40. The van der Waals surface area contributed by atoms with Crippen LogP contribution in [0.1, 0.15) is 24.7 Å². The lowest BCUT2D eigenvalue weighted by molar-refractivity contribution is 0.601. The van der Waals surface area contributed by atoms with Gasteiger partial charge >= 0.3 is 0 Å². The Morgan fingerprint density at radius 3 is 2.79 bits per heavy atom. The first kappa shape index (κ1) is 9.07. The monoisotopic (exact) mass is 186 g/mol. The summed E-state index contributed by atoms with van der Waals surface area (Å²) in [7, 11) is 0. The van der Waals surface area contributed by atoms with Crippen molar-refractivity contribution in [3.8, 4) is 0 Å². The fourth-order valence-electron chi connectivity index (χ4n) is 1.58. The first-order valence-electron chi connectivity index (χ1n) is 4.97. The van der Waals surface area contributed by atoms with E-state index in [2.05, 4.69) is 32.1 Å². The second-order valence-electron chi connectivity index (χ2n) is 3.40. The van der Waals surface area contributed by atoms with Gasteiger partial charge in [0.1, 0.15) is 11.3 Å². The fourth-order valence-corrected chi connectivity index (χ4v) is 1.58. The molecule has 0 amide bonds. The zero-order valence-corrected chi connectivity index (χ0v) is 8.58. The van der Waals surface area contributed by atoms with Gasteiger partial charge in [0.25, 0.3) is 0 Å². The van der Waals surface area contributed by atoms with Gasteiger partial charge < -0.3 is 4.42 Å². The molecule has 72 valence electrons. The predicted octanol–water partition coefficient (Wildman–Crippen LogP) is 4.16. The lowest BCUT2D eigenvalue weighted by atomic mass is 10.1. The summed E-state index contributed by atoms with van der Waals surface area (Å²) in [6, 6.07) is 8.14. The van der Waals surface area contributed by atoms with Crippen molar-refractivity contribution in [2.45, 2.75) is 20.3 Å². The molecule has 0 aliphatic carbocycles. The molecule has 0 saturated heterocycles. The van der Waals surface area contributed by atoms with E-state index in [4.69, 9.17) is 4.42 Å². The molecular weight excluding hydrogens is 172 g/mol. The number of furan rings is 1. The normalized spacial score (nSPS) is 11.6. The Hall–Kier alpha value is -1.50. The second kappa shape index (κ2) is 3.70. The third kappa shape index (κ3) is 1.46. The number of hydrogen-bond donors (Lipinski definition) is 0. The van der Waals surface area contributed by atoms with Crippen LogP contribution in [0.5, 0.6) is 0 Å². The molecule has 1 aromatic carbocycles. The molecule has 1 heteroatoms. The first-order chi connectivity index (χ1) is 6.83. The van der Waals surface area contributed by atoms with E-state index in [0.717, 1.165) is 17.8 Å². The third-order valence-electron chi connectivity index (χ3n) is 2.39. The van der Waals surface area contributed by atoms with Crippen LogP contribution >= 0.6 is 0 Å². The molecule has 0 unspecified atom stereocenters. The van der Waals surface area contributed by atoms with Crippen LogP contribution < -0.4 is 0 Å². The predicted molar refractivity (Wildman–Crippen MR) is 60.3 cm³/mol. The number of fused-ring (bicyclic) bond motifs is 1. The molecule has 0 N–H and O–H groups in total. The molecule has 1 heterocycles. The molecule has 0 saturated carbocycles. The zero-order chi connectivity index (χ0) is 9.97. The van der Waals surface area contributed by atoms with Gasteiger partial charge in [-0.1, -0.05) is 31.2 Å². The average Bonchev–Trinajstić information content (AvgIpc) is 2.54. The van der Waals surface area contributed by atoms with Gasteiger partial charge in [-0.15, -0.1) is 0 Å². The maximum atomic E-state index is 5.71. The molecule has 0 bridgehead atoms. The minimum Gasteiger partial charge on any atom is -0.456 e. The number of hydrogen-bond acceptors (Lipinski definition) is 1. The molecule has 0 aliphatic heterocycles. The smallest absolute Gasteiger partial charge is 0.135 e. The molecule has 0 atom stereocenters. The maximum Gasteiger partial charge on any atom is 0.135 e. The molecule has 0 radical (unpaired) electrons. The fraction of sp³-hybridized carbons (Fsp3) is 0.231. The van der Waals surface area contributed by atoms with E-state index in [1.165, 1.54) is 10.9 Å². The Morgan fingerprint density at radius 1 is 1.29 bits per heavy atom. The van der Waals surface area contributed by atoms with Crippen LogP contribution in [0.15, 0.2) is 34.8 Å². The molecule has 0 aliphatic rings. The topological polar surface area (TPSA) is 13.1 Å². The van der Waals surface area contributed by atoms with Gasteiger partial charge in [-0.05, 0) is 25.5 Å². The highest BCUT2D eigenvalue weighted by Gasteiger charge is 2.05. The summed E-state index contributed by atoms with van der Waals surface area (Å²) in [5.74, 6) is 0.980. The van der Waals surface area contributed by atoms with Gasteiger partial charge in [0.05, 0.1) is 0 Å². The number of allylic oxidation sites excluding steroid dienone is 1. The number of benzene rings is 1. The minimum atomic E-state index is 0.973. The van der Waals surface area contributed by atoms with Crippen LogP contribution in [0.4, 0.5) is 0 Å². The Bertz CT molecular complexity index is 463. The third-order valence-corrected chi connectivity index (χ3v) is 2.39. The Balaban J connectivity index is 2.57. The Morgan fingerprint density at radius 2 is 2.07 bits per heavy atom. The van der Waals surface area contributed by atoms with Gasteiger partial charge in [0.15, 0.2) is 0 Å². The van der Waals surface area contributed by atoms with Gasteiger partial charge in [-0.2, -0.15) is 0 Å². The minimum absolute atomic E-state index is 0.973. The van der Waals surface area contributed by atoms with Crippen LogP contribution in [0, 0.1) is 6.92 Å². The highest BCUT2D eigenvalue weighted by atomic mass is 16.3. The van der Waals surface area contributed by atoms with Crippen LogP contribution in [0.3, 0.4) is 0 Å². The summed E-state index contributed by atoms with van der Waals surface area (Å²) in [5.41, 5.74) is 2.20. The van der Waals surface area contributed by atoms with Crippen molar-refractivity contribution in [1.29, 1.82) is 0 Å². The van der Waals surface area contributed by atoms with E-state index in [9.17, 15) is 0 Å². The van der Waals surface area contributed by atoms with Crippen molar-refractivity contribution < 1.29 is 4.42 Å². The number of para-hydroxylation sites is 1. The van der Waals surface area contributed by atoms with E-state index in [1.54, 1.807) is 0 Å². The lowest BCUT2D eigenvalue weighted by Gasteiger charge is -1.87. The van der Waals surface area contributed by atoms with Crippen molar-refractivity contribution in [1.82, 2.24) is 0 Å². The van der Waals surface area contributed by atoms with Crippen molar-refractivity contribution in [3.63, 3.8) is 0 Å². The number of aryl methyl sites for hydroxylation is 1. The maximum absolute atomic E-state index is 5.71. The summed E-state index contributed by atoms with van der Waals surface area (Å²) in [6.45, 7) is 4.22. The molecule has 0 spiro atoms. The summed E-state index contributed by atoms with van der Waals surface area (Å²) < 4.78 is 5.71. The molecule has 1 nitrogen and oxygen atoms in total. The summed E-state index contributed by atoms with van der Waals surface area (Å²) >= 11 is 0. The quantitative estimate of drug-likeness (QED) is 0.686. The molecule has 1 aromatic heterocycles. The molecule has 2 rings (SSSR count). The van der Waals surface area contributed by atoms with Crippen LogP contribution in [0.25, 0.3) is 17.0 Å². The van der Waals surface area contributed by atoms with E-state index in [0.29, 0.717) is 0 Å². The Labute approximate surface area is 84.0 Å². The van der Waals surface area contributed by atoms with Gasteiger partial charge in [0.2, 0.25) is 0 Å². The van der Waals surface area contributed by atoms with Crippen molar-refractivity contribution in [3.05, 3.63) is 41.7 Å². The molecule has 14 heavy (non-hydrogen) atoms. The Kier molecular flexibility index (Phi) is 2.40. The molecule has 0 fully saturated rings. The highest BCUT2D eigenvalue weighted by Crippen LogP contribution is 2.25. The van der Waals surface area contributed by atoms with Crippen LogP contribution in [-0.2, 0) is 0 Å². The van der Waals surface area contributed by atoms with Crippen LogP contribution in [-0.4, -0.2) is 0 Å². The van der Waals surface area contributed by atoms with Gasteiger partial charge in [0, 0.05) is 10.9 Å². The van der Waals surface area contributed by atoms with Crippen molar-refractivity contribution >= 4 is 17.0 Å². The van der Waals surface area contributed by atoms with E-state index in [1.807, 2.05) is 18.2 Å². The van der Waals surface area contributed by atoms with Crippen LogP contribution in [0.2, 0.25) is 0 Å². The largest absolute Gasteiger partial charge is 0.456 e. The van der Waals surface area contributed by atoms with Crippen molar-refractivity contribution in [2.75, 3.05) is 0 Å². The van der Waals surface area contributed by atoms with E-state index < -0.39 is 0 Å². The summed E-state index contributed by atoms with van der Waals surface area (Å²) in [6.07, 6.45) is 5.20. The van der Waals surface area contributed by atoms with Gasteiger partial charge in [-0.3, -0.25) is 0 Å². The first-order valence-corrected chi connectivity index (χ1v) is 4.97. The van der Waals surface area contributed by atoms with E-state index in [-0.39, 0.29) is 0 Å². The SMILES string of the molecule is CC/C=C\c1oc2ccccc2c1C. The molecule has 2 aromatic rings.